The first-order valence-corrected chi connectivity index (χ1v) is 13.5. The van der Waals surface area contributed by atoms with Crippen molar-refractivity contribution in [3.8, 4) is 11.5 Å². The maximum absolute atomic E-state index is 14.3. The summed E-state index contributed by atoms with van der Waals surface area (Å²) in [6.07, 6.45) is 1.96. The molecule has 3 amide bonds. The number of pyridine rings is 1. The predicted molar refractivity (Wildman–Crippen MR) is 149 cm³/mol. The number of ether oxygens (including phenoxy) is 2. The number of alkyl halides is 2. The van der Waals surface area contributed by atoms with Crippen molar-refractivity contribution in [2.24, 2.45) is 0 Å². The lowest BCUT2D eigenvalue weighted by molar-refractivity contribution is -0.160. The minimum atomic E-state index is -3.11. The van der Waals surface area contributed by atoms with Crippen molar-refractivity contribution >= 4 is 28.6 Å². The highest BCUT2D eigenvalue weighted by atomic mass is 19.3. The molecule has 0 unspecified atom stereocenters. The maximum Gasteiger partial charge on any atom is 0.345 e. The molecule has 1 fully saturated rings. The van der Waals surface area contributed by atoms with Crippen molar-refractivity contribution in [2.45, 2.75) is 38.6 Å². The van der Waals surface area contributed by atoms with Crippen LogP contribution in [-0.2, 0) is 20.9 Å². The van der Waals surface area contributed by atoms with Gasteiger partial charge in [-0.2, -0.15) is 8.78 Å². The number of likely N-dealkylation sites (tertiary alicyclic amines) is 1. The molecule has 230 valence electrons. The van der Waals surface area contributed by atoms with E-state index in [-0.39, 0.29) is 36.6 Å². The van der Waals surface area contributed by atoms with Gasteiger partial charge in [-0.15, -0.1) is 0 Å². The van der Waals surface area contributed by atoms with Crippen LogP contribution >= 0.6 is 0 Å². The molecule has 3 N–H and O–H groups in total. The van der Waals surface area contributed by atoms with Gasteiger partial charge >= 0.3 is 6.61 Å². The fraction of sp³-hybridized carbons (Fsp3) is 0.267. The highest BCUT2D eigenvalue weighted by Crippen LogP contribution is 2.27. The van der Waals surface area contributed by atoms with Crippen LogP contribution in [0.15, 0.2) is 60.9 Å². The molecule has 0 saturated carbocycles. The number of fused-ring (bicyclic) bond motifs is 1. The molecule has 5 rings (SSSR count). The van der Waals surface area contributed by atoms with Gasteiger partial charge in [-0.3, -0.25) is 19.4 Å². The molecule has 0 bridgehead atoms. The Balaban J connectivity index is 1.23. The van der Waals surface area contributed by atoms with Crippen molar-refractivity contribution in [1.29, 1.82) is 0 Å². The molecule has 44 heavy (non-hydrogen) atoms. The lowest BCUT2D eigenvalue weighted by Gasteiger charge is -2.24. The van der Waals surface area contributed by atoms with Crippen LogP contribution in [0, 0.1) is 18.6 Å². The van der Waals surface area contributed by atoms with Crippen molar-refractivity contribution in [2.75, 3.05) is 13.1 Å². The smallest absolute Gasteiger partial charge is 0.345 e. The van der Waals surface area contributed by atoms with Crippen molar-refractivity contribution in [1.82, 2.24) is 25.5 Å². The molecule has 4 aromatic rings. The number of aryl methyl sites for hydroxylation is 1. The maximum atomic E-state index is 14.3. The fourth-order valence-corrected chi connectivity index (χ4v) is 4.92. The number of hydrogen-bond donors (Lipinski definition) is 3. The first-order valence-electron chi connectivity index (χ1n) is 13.5. The minimum Gasteiger partial charge on any atom is -0.454 e. The molecular formula is C30H27F4N5O5. The second-order valence-electron chi connectivity index (χ2n) is 10.2. The van der Waals surface area contributed by atoms with E-state index in [0.717, 1.165) is 27.9 Å². The average Bonchev–Trinajstić information content (AvgIpc) is 3.59. The zero-order chi connectivity index (χ0) is 31.4. The summed E-state index contributed by atoms with van der Waals surface area (Å²) in [7, 11) is 0. The van der Waals surface area contributed by atoms with Gasteiger partial charge in [0, 0.05) is 53.6 Å². The molecule has 3 heterocycles. The standard InChI is InChI=1S/C30H27F4N5O5/c1-16-2-3-26(23(32)6-16)43-21-9-17(7-19(31)10-21)28(41)37-14-27(40)39-15-22(44-30(33)34)11-25(39)29(42)36-13-20-8-18-12-35-5-4-24(18)38-20/h2-10,12,22,25,30,38H,11,13-15H2,1H3,(H,36,42)(H,37,41)/t22-,25+/m1/s1. The first-order chi connectivity index (χ1) is 21.0. The number of carbonyl (C=O) groups excluding carboxylic acids is 3. The Morgan fingerprint density at radius 1 is 1.09 bits per heavy atom. The van der Waals surface area contributed by atoms with E-state index in [2.05, 4.69) is 25.3 Å². The minimum absolute atomic E-state index is 0.0691. The van der Waals surface area contributed by atoms with Gasteiger partial charge in [0.1, 0.15) is 17.6 Å². The van der Waals surface area contributed by atoms with Crippen LogP contribution in [0.2, 0.25) is 0 Å². The fourth-order valence-electron chi connectivity index (χ4n) is 4.92. The number of carbonyl (C=O) groups is 3. The van der Waals surface area contributed by atoms with Crippen LogP contribution in [0.25, 0.3) is 10.9 Å². The third-order valence-electron chi connectivity index (χ3n) is 6.96. The molecule has 14 heteroatoms. The molecule has 2 atom stereocenters. The zero-order valence-corrected chi connectivity index (χ0v) is 23.3. The normalized spacial score (nSPS) is 16.4. The van der Waals surface area contributed by atoms with E-state index in [1.165, 1.54) is 18.2 Å². The summed E-state index contributed by atoms with van der Waals surface area (Å²) in [6.45, 7) is -2.30. The topological polar surface area (TPSA) is 126 Å². The SMILES string of the molecule is Cc1ccc(Oc2cc(F)cc(C(=O)NCC(=O)N3C[C@H](OC(F)F)C[C@H]3C(=O)NCc3cc4cnccc4[nH]3)c2)c(F)c1. The number of nitrogens with one attached hydrogen (secondary N) is 3. The van der Waals surface area contributed by atoms with E-state index >= 15 is 0 Å². The molecule has 2 aromatic carbocycles. The van der Waals surface area contributed by atoms with Crippen LogP contribution < -0.4 is 15.4 Å². The summed E-state index contributed by atoms with van der Waals surface area (Å²) in [5.41, 5.74) is 1.90. The van der Waals surface area contributed by atoms with Crippen LogP contribution in [0.5, 0.6) is 11.5 Å². The summed E-state index contributed by atoms with van der Waals surface area (Å²) in [6, 6.07) is 9.63. The Bertz CT molecular complexity index is 1660. The summed E-state index contributed by atoms with van der Waals surface area (Å²) < 4.78 is 64.3. The highest BCUT2D eigenvalue weighted by molar-refractivity contribution is 5.97. The highest BCUT2D eigenvalue weighted by Gasteiger charge is 2.41. The average molecular weight is 614 g/mol. The number of amides is 3. The second kappa shape index (κ2) is 13.1. The second-order valence-corrected chi connectivity index (χ2v) is 10.2. The van der Waals surface area contributed by atoms with Crippen LogP contribution in [-0.4, -0.2) is 64.4 Å². The zero-order valence-electron chi connectivity index (χ0n) is 23.3. The largest absolute Gasteiger partial charge is 0.454 e. The third kappa shape index (κ3) is 7.32. The third-order valence-corrected chi connectivity index (χ3v) is 6.96. The lowest BCUT2D eigenvalue weighted by atomic mass is 10.1. The van der Waals surface area contributed by atoms with Crippen LogP contribution in [0.3, 0.4) is 0 Å². The van der Waals surface area contributed by atoms with E-state index in [4.69, 9.17) is 4.74 Å². The van der Waals surface area contributed by atoms with Gasteiger partial charge in [-0.05, 0) is 48.9 Å². The number of H-pyrrole nitrogens is 1. The van der Waals surface area contributed by atoms with Gasteiger partial charge in [0.05, 0.1) is 19.2 Å². The summed E-state index contributed by atoms with van der Waals surface area (Å²) in [5, 5.41) is 5.86. The molecule has 1 aliphatic heterocycles. The van der Waals surface area contributed by atoms with E-state index in [9.17, 15) is 31.9 Å². The first kappa shape index (κ1) is 30.5. The molecule has 1 saturated heterocycles. The van der Waals surface area contributed by atoms with Gasteiger partial charge in [-0.1, -0.05) is 6.07 Å². The monoisotopic (exact) mass is 613 g/mol. The molecule has 1 aliphatic rings. The Labute approximate surface area is 248 Å². The molecule has 0 spiro atoms. The summed E-state index contributed by atoms with van der Waals surface area (Å²) >= 11 is 0. The number of halogens is 4. The number of nitrogens with zero attached hydrogens (tertiary/aromatic N) is 2. The molecule has 2 aromatic heterocycles. The quantitative estimate of drug-likeness (QED) is 0.230. The number of rotatable bonds is 10. The molecule has 0 aliphatic carbocycles. The van der Waals surface area contributed by atoms with Gasteiger partial charge in [0.15, 0.2) is 11.6 Å². The summed E-state index contributed by atoms with van der Waals surface area (Å²) in [5.74, 6) is -4.06. The molecule has 0 radical (unpaired) electrons. The Morgan fingerprint density at radius 3 is 2.66 bits per heavy atom. The molecular weight excluding hydrogens is 586 g/mol. The number of aromatic amines is 1. The van der Waals surface area contributed by atoms with Crippen LogP contribution in [0.4, 0.5) is 17.6 Å². The van der Waals surface area contributed by atoms with E-state index in [0.29, 0.717) is 11.3 Å². The van der Waals surface area contributed by atoms with Crippen molar-refractivity contribution in [3.63, 3.8) is 0 Å². The van der Waals surface area contributed by atoms with E-state index in [1.807, 2.05) is 0 Å². The van der Waals surface area contributed by atoms with E-state index < -0.39 is 54.7 Å². The van der Waals surface area contributed by atoms with Gasteiger partial charge in [-0.25, -0.2) is 8.78 Å². The number of aromatic nitrogens is 2. The predicted octanol–water partition coefficient (Wildman–Crippen LogP) is 4.20. The Morgan fingerprint density at radius 2 is 1.91 bits per heavy atom. The number of benzene rings is 2. The van der Waals surface area contributed by atoms with Gasteiger partial charge in [0.2, 0.25) is 11.8 Å². The van der Waals surface area contributed by atoms with Gasteiger partial charge < -0.3 is 30.0 Å². The molecule has 10 nitrogen and oxygen atoms in total. The van der Waals surface area contributed by atoms with Crippen molar-refractivity contribution in [3.05, 3.63) is 89.4 Å². The Hall–Kier alpha value is -4.98. The number of hydrogen-bond acceptors (Lipinski definition) is 6. The Kier molecular flexibility index (Phi) is 9.09. The lowest BCUT2D eigenvalue weighted by Crippen LogP contribution is -2.49. The summed E-state index contributed by atoms with van der Waals surface area (Å²) in [4.78, 5) is 47.2. The van der Waals surface area contributed by atoms with E-state index in [1.54, 1.807) is 37.5 Å². The van der Waals surface area contributed by atoms with Gasteiger partial charge in [0.25, 0.3) is 5.91 Å². The van der Waals surface area contributed by atoms with Crippen LogP contribution in [0.1, 0.15) is 28.0 Å². The van der Waals surface area contributed by atoms with Crippen molar-refractivity contribution < 1.29 is 41.4 Å².